The fourth-order valence-corrected chi connectivity index (χ4v) is 13.6. The molecular formula is C17H27O7PSSi. The zero-order chi connectivity index (χ0) is 20.7. The molecule has 1 fully saturated rings. The number of esters is 1. The van der Waals surface area contributed by atoms with Gasteiger partial charge in [0.05, 0.1) is 25.0 Å². The maximum Gasteiger partial charge on any atom is 0.347 e. The minimum absolute atomic E-state index is 0.0830. The predicted molar refractivity (Wildman–Crippen MR) is 105 cm³/mol. The molecule has 1 aliphatic carbocycles. The molecule has 0 spiro atoms. The molecule has 0 aliphatic heterocycles. The minimum atomic E-state index is -3.90. The number of ether oxygens (including phenoxy) is 1. The van der Waals surface area contributed by atoms with E-state index in [1.807, 2.05) is 19.6 Å². The summed E-state index contributed by atoms with van der Waals surface area (Å²) < 4.78 is 55.3. The molecule has 27 heavy (non-hydrogen) atoms. The highest BCUT2D eigenvalue weighted by Crippen LogP contribution is 2.75. The standard InChI is InChI=1S/C17H27O7PSSi/c1-22-16(18)17(25(19,23-2)24-3)12-14(17)15(27(4,5)6)26(20,21)13-10-8-7-9-11-13/h7-11,14-15H,12H2,1-6H3/t14-,15-,17+/m1/s1. The van der Waals surface area contributed by atoms with Gasteiger partial charge in [-0.3, -0.25) is 9.36 Å². The van der Waals surface area contributed by atoms with Gasteiger partial charge in [0, 0.05) is 20.1 Å². The minimum Gasteiger partial charge on any atom is -0.468 e. The summed E-state index contributed by atoms with van der Waals surface area (Å²) in [5, 5.41) is -1.60. The van der Waals surface area contributed by atoms with Crippen LogP contribution in [0.1, 0.15) is 6.42 Å². The average molecular weight is 435 g/mol. The van der Waals surface area contributed by atoms with Crippen molar-refractivity contribution in [2.24, 2.45) is 5.92 Å². The molecule has 0 amide bonds. The van der Waals surface area contributed by atoms with Gasteiger partial charge in [-0.15, -0.1) is 0 Å². The van der Waals surface area contributed by atoms with Crippen molar-refractivity contribution in [1.82, 2.24) is 0 Å². The van der Waals surface area contributed by atoms with Crippen LogP contribution in [0, 0.1) is 5.92 Å². The Kier molecular flexibility index (Phi) is 6.15. The number of carbonyl (C=O) groups is 1. The van der Waals surface area contributed by atoms with E-state index in [1.54, 1.807) is 18.2 Å². The number of sulfone groups is 1. The monoisotopic (exact) mass is 434 g/mol. The highest BCUT2D eigenvalue weighted by Gasteiger charge is 2.77. The van der Waals surface area contributed by atoms with E-state index >= 15 is 0 Å². The van der Waals surface area contributed by atoms with Gasteiger partial charge in [0.25, 0.3) is 0 Å². The van der Waals surface area contributed by atoms with Gasteiger partial charge in [0.2, 0.25) is 0 Å². The van der Waals surface area contributed by atoms with Crippen molar-refractivity contribution in [3.8, 4) is 0 Å². The second-order valence-electron chi connectivity index (χ2n) is 7.73. The van der Waals surface area contributed by atoms with E-state index < -0.39 is 47.4 Å². The van der Waals surface area contributed by atoms with Gasteiger partial charge < -0.3 is 13.8 Å². The first-order valence-corrected chi connectivity index (χ1v) is 15.2. The quantitative estimate of drug-likeness (QED) is 0.352. The summed E-state index contributed by atoms with van der Waals surface area (Å²) in [6, 6.07) is 8.13. The fourth-order valence-electron chi connectivity index (χ4n) is 3.91. The fraction of sp³-hybridized carbons (Fsp3) is 0.588. The van der Waals surface area contributed by atoms with Crippen LogP contribution >= 0.6 is 7.60 Å². The van der Waals surface area contributed by atoms with Crippen molar-refractivity contribution in [2.75, 3.05) is 21.3 Å². The lowest BCUT2D eigenvalue weighted by atomic mass is 10.3. The molecular weight excluding hydrogens is 407 g/mol. The highest BCUT2D eigenvalue weighted by molar-refractivity contribution is 7.94. The van der Waals surface area contributed by atoms with Gasteiger partial charge in [0.15, 0.2) is 15.0 Å². The lowest BCUT2D eigenvalue weighted by molar-refractivity contribution is -0.141. The third kappa shape index (κ3) is 3.56. The Morgan fingerprint density at radius 2 is 1.67 bits per heavy atom. The molecule has 1 saturated carbocycles. The molecule has 2 rings (SSSR count). The molecule has 3 atom stereocenters. The van der Waals surface area contributed by atoms with Crippen LogP contribution in [-0.2, 0) is 33.0 Å². The Morgan fingerprint density at radius 1 is 1.15 bits per heavy atom. The first-order valence-electron chi connectivity index (χ1n) is 8.51. The van der Waals surface area contributed by atoms with E-state index in [9.17, 15) is 17.8 Å². The van der Waals surface area contributed by atoms with E-state index in [4.69, 9.17) is 13.8 Å². The summed E-state index contributed by atoms with van der Waals surface area (Å²) in [5.74, 6) is -1.46. The number of hydrogen-bond acceptors (Lipinski definition) is 7. The molecule has 10 heteroatoms. The Morgan fingerprint density at radius 3 is 2.07 bits per heavy atom. The van der Waals surface area contributed by atoms with Crippen LogP contribution in [0.3, 0.4) is 0 Å². The number of rotatable bonds is 8. The normalized spacial score (nSPS) is 24.3. The second-order valence-corrected chi connectivity index (χ2v) is 18.1. The number of hydrogen-bond donors (Lipinski definition) is 0. The molecule has 1 aromatic rings. The summed E-state index contributed by atoms with van der Waals surface area (Å²) in [6.07, 6.45) is 0.0830. The topological polar surface area (TPSA) is 96.0 Å². The van der Waals surface area contributed by atoms with Gasteiger partial charge >= 0.3 is 13.6 Å². The van der Waals surface area contributed by atoms with Gasteiger partial charge in [-0.05, 0) is 18.6 Å². The maximum absolute atomic E-state index is 13.5. The Hall–Kier alpha value is -0.993. The van der Waals surface area contributed by atoms with Crippen LogP contribution in [0.25, 0.3) is 0 Å². The van der Waals surface area contributed by atoms with E-state index in [0.717, 1.165) is 0 Å². The van der Waals surface area contributed by atoms with Gasteiger partial charge in [-0.2, -0.15) is 0 Å². The third-order valence-corrected chi connectivity index (χ3v) is 14.8. The molecule has 0 bridgehead atoms. The molecule has 0 heterocycles. The van der Waals surface area contributed by atoms with Crippen molar-refractivity contribution in [2.45, 2.75) is 41.0 Å². The van der Waals surface area contributed by atoms with E-state index in [-0.39, 0.29) is 11.3 Å². The van der Waals surface area contributed by atoms with E-state index in [1.165, 1.54) is 33.5 Å². The number of benzene rings is 1. The lowest BCUT2D eigenvalue weighted by Gasteiger charge is -2.32. The van der Waals surface area contributed by atoms with Gasteiger partial charge in [-0.25, -0.2) is 8.42 Å². The summed E-state index contributed by atoms with van der Waals surface area (Å²) in [6.45, 7) is 5.76. The van der Waals surface area contributed by atoms with Crippen LogP contribution in [0.4, 0.5) is 0 Å². The van der Waals surface area contributed by atoms with Gasteiger partial charge in [-0.1, -0.05) is 37.8 Å². The smallest absolute Gasteiger partial charge is 0.347 e. The number of methoxy groups -OCH3 is 1. The Labute approximate surface area is 161 Å². The molecule has 152 valence electrons. The van der Waals surface area contributed by atoms with Crippen LogP contribution in [-0.4, -0.2) is 53.8 Å². The summed E-state index contributed by atoms with van der Waals surface area (Å²) >= 11 is 0. The van der Waals surface area contributed by atoms with Crippen molar-refractivity contribution < 1.29 is 31.6 Å². The average Bonchev–Trinajstić information content (AvgIpc) is 3.35. The van der Waals surface area contributed by atoms with Crippen molar-refractivity contribution in [3.63, 3.8) is 0 Å². The first kappa shape index (κ1) is 22.3. The van der Waals surface area contributed by atoms with E-state index in [0.29, 0.717) is 0 Å². The molecule has 0 aromatic heterocycles. The molecule has 1 aliphatic rings. The summed E-state index contributed by atoms with van der Waals surface area (Å²) in [7, 11) is -6.48. The lowest BCUT2D eigenvalue weighted by Crippen LogP contribution is -2.48. The predicted octanol–water partition coefficient (Wildman–Crippen LogP) is 3.12. The SMILES string of the molecule is COC(=O)[C@]1(P(=O)(OC)OC)C[C@@H]1[C@@H]([Si](C)(C)C)S(=O)(=O)c1ccccc1. The van der Waals surface area contributed by atoms with Gasteiger partial charge in [0.1, 0.15) is 0 Å². The van der Waals surface area contributed by atoms with Crippen molar-refractivity contribution in [1.29, 1.82) is 0 Å². The molecule has 7 nitrogen and oxygen atoms in total. The largest absolute Gasteiger partial charge is 0.468 e. The first-order chi connectivity index (χ1) is 12.4. The molecule has 1 aromatic carbocycles. The molecule has 0 radical (unpaired) electrons. The zero-order valence-corrected chi connectivity index (χ0v) is 19.2. The second kappa shape index (κ2) is 7.44. The maximum atomic E-state index is 13.5. The third-order valence-electron chi connectivity index (χ3n) is 5.12. The molecule has 0 N–H and O–H groups in total. The zero-order valence-electron chi connectivity index (χ0n) is 16.5. The van der Waals surface area contributed by atoms with Crippen LogP contribution in [0.2, 0.25) is 19.6 Å². The molecule has 0 unspecified atom stereocenters. The Balaban J connectivity index is 2.64. The molecule has 0 saturated heterocycles. The highest BCUT2D eigenvalue weighted by atomic mass is 32.2. The summed E-state index contributed by atoms with van der Waals surface area (Å²) in [5.41, 5.74) is 0. The van der Waals surface area contributed by atoms with E-state index in [2.05, 4.69) is 0 Å². The van der Waals surface area contributed by atoms with Crippen molar-refractivity contribution >= 4 is 31.5 Å². The van der Waals surface area contributed by atoms with Crippen LogP contribution < -0.4 is 0 Å². The number of carbonyl (C=O) groups excluding carboxylic acids is 1. The van der Waals surface area contributed by atoms with Crippen LogP contribution in [0.15, 0.2) is 35.2 Å². The summed E-state index contributed by atoms with van der Waals surface area (Å²) in [4.78, 5) is 12.0. The van der Waals surface area contributed by atoms with Crippen molar-refractivity contribution in [3.05, 3.63) is 30.3 Å². The Bertz CT molecular complexity index is 842. The van der Waals surface area contributed by atoms with Crippen LogP contribution in [0.5, 0.6) is 0 Å².